The zero-order valence-electron chi connectivity index (χ0n) is 13.7. The monoisotopic (exact) mass is 337 g/mol. The van der Waals surface area contributed by atoms with Crippen LogP contribution >= 0.6 is 11.3 Å². The Balaban J connectivity index is 1.48. The van der Waals surface area contributed by atoms with Crippen molar-refractivity contribution in [3.63, 3.8) is 0 Å². The molecule has 1 atom stereocenters. The Labute approximate surface area is 147 Å². The molecule has 0 aliphatic carbocycles. The van der Waals surface area contributed by atoms with Crippen LogP contribution in [0.15, 0.2) is 60.2 Å². The fourth-order valence-electron chi connectivity index (χ4n) is 3.49. The Morgan fingerprint density at radius 1 is 1.17 bits per heavy atom. The second-order valence-corrected chi connectivity index (χ2v) is 7.37. The van der Waals surface area contributed by atoms with Gasteiger partial charge in [-0.05, 0) is 40.6 Å². The van der Waals surface area contributed by atoms with Gasteiger partial charge in [-0.25, -0.2) is 0 Å². The third-order valence-electron chi connectivity index (χ3n) is 4.79. The van der Waals surface area contributed by atoms with Crippen molar-refractivity contribution in [1.82, 2.24) is 15.2 Å². The molecule has 3 nitrogen and oxygen atoms in total. The number of fused-ring (bicyclic) bond motifs is 1. The standard InChI is InChI=1S/C20H23N3S/c1-2-4-17(5-3-1)19(14-22-13-16-6-9-21-12-16)23-10-7-20-18(15-23)8-11-24-20/h1-6,8-9,11-12,19,21-22H,7,10,13-15H2. The lowest BCUT2D eigenvalue weighted by Crippen LogP contribution is -2.38. The van der Waals surface area contributed by atoms with E-state index < -0.39 is 0 Å². The van der Waals surface area contributed by atoms with Crippen molar-refractivity contribution < 1.29 is 0 Å². The molecule has 3 aromatic rings. The molecular weight excluding hydrogens is 314 g/mol. The number of hydrogen-bond acceptors (Lipinski definition) is 3. The molecule has 0 saturated carbocycles. The molecule has 4 rings (SSSR count). The van der Waals surface area contributed by atoms with Gasteiger partial charge in [-0.1, -0.05) is 30.3 Å². The van der Waals surface area contributed by atoms with Crippen molar-refractivity contribution in [3.8, 4) is 0 Å². The number of aromatic nitrogens is 1. The molecule has 2 aromatic heterocycles. The van der Waals surface area contributed by atoms with Crippen LogP contribution in [0.5, 0.6) is 0 Å². The molecule has 1 aliphatic rings. The molecule has 0 spiro atoms. The summed E-state index contributed by atoms with van der Waals surface area (Å²) in [5.41, 5.74) is 4.22. The molecule has 0 saturated heterocycles. The fourth-order valence-corrected chi connectivity index (χ4v) is 4.38. The summed E-state index contributed by atoms with van der Waals surface area (Å²) in [4.78, 5) is 7.31. The second kappa shape index (κ2) is 7.34. The van der Waals surface area contributed by atoms with Gasteiger partial charge in [0, 0.05) is 49.5 Å². The van der Waals surface area contributed by atoms with Gasteiger partial charge in [0.2, 0.25) is 0 Å². The molecule has 0 amide bonds. The van der Waals surface area contributed by atoms with Crippen LogP contribution in [0.3, 0.4) is 0 Å². The summed E-state index contributed by atoms with van der Waals surface area (Å²) in [6, 6.07) is 15.7. The largest absolute Gasteiger partial charge is 0.367 e. The van der Waals surface area contributed by atoms with Crippen LogP contribution in [0.2, 0.25) is 0 Å². The van der Waals surface area contributed by atoms with E-state index in [1.165, 1.54) is 23.1 Å². The SMILES string of the molecule is c1ccc(C(CNCc2cc[nH]c2)N2CCc3sccc3C2)cc1. The maximum Gasteiger partial charge on any atom is 0.0476 e. The Kier molecular flexibility index (Phi) is 4.78. The molecule has 0 fully saturated rings. The van der Waals surface area contributed by atoms with Gasteiger partial charge in [0.25, 0.3) is 0 Å². The van der Waals surface area contributed by atoms with E-state index in [9.17, 15) is 0 Å². The van der Waals surface area contributed by atoms with Crippen molar-refractivity contribution in [2.24, 2.45) is 0 Å². The van der Waals surface area contributed by atoms with Crippen LogP contribution in [0.25, 0.3) is 0 Å². The van der Waals surface area contributed by atoms with E-state index in [1.54, 1.807) is 4.88 Å². The van der Waals surface area contributed by atoms with Crippen LogP contribution < -0.4 is 5.32 Å². The van der Waals surface area contributed by atoms with Gasteiger partial charge in [0.05, 0.1) is 0 Å². The van der Waals surface area contributed by atoms with E-state index in [0.717, 1.165) is 26.2 Å². The zero-order chi connectivity index (χ0) is 16.2. The van der Waals surface area contributed by atoms with Crippen molar-refractivity contribution in [3.05, 3.63) is 81.8 Å². The van der Waals surface area contributed by atoms with Crippen LogP contribution in [0.1, 0.15) is 27.6 Å². The van der Waals surface area contributed by atoms with E-state index in [-0.39, 0.29) is 0 Å². The number of nitrogens with one attached hydrogen (secondary N) is 2. The first-order valence-corrected chi connectivity index (χ1v) is 9.45. The van der Waals surface area contributed by atoms with E-state index in [1.807, 2.05) is 17.5 Å². The normalized spacial score (nSPS) is 16.0. The van der Waals surface area contributed by atoms with Crippen molar-refractivity contribution in [2.45, 2.75) is 25.6 Å². The summed E-state index contributed by atoms with van der Waals surface area (Å²) < 4.78 is 0. The average molecular weight is 337 g/mol. The lowest BCUT2D eigenvalue weighted by molar-refractivity contribution is 0.176. The first-order valence-electron chi connectivity index (χ1n) is 8.57. The average Bonchev–Trinajstić information content (AvgIpc) is 3.30. The molecule has 2 N–H and O–H groups in total. The van der Waals surface area contributed by atoms with E-state index in [4.69, 9.17) is 0 Å². The number of H-pyrrole nitrogens is 1. The van der Waals surface area contributed by atoms with E-state index in [0.29, 0.717) is 6.04 Å². The highest BCUT2D eigenvalue weighted by Crippen LogP contribution is 2.30. The molecule has 1 aliphatic heterocycles. The van der Waals surface area contributed by atoms with Gasteiger partial charge in [0.1, 0.15) is 0 Å². The first-order chi connectivity index (χ1) is 11.9. The van der Waals surface area contributed by atoms with Crippen molar-refractivity contribution in [1.29, 1.82) is 0 Å². The van der Waals surface area contributed by atoms with Crippen LogP contribution in [-0.2, 0) is 19.5 Å². The summed E-state index contributed by atoms with van der Waals surface area (Å²) >= 11 is 1.91. The first kappa shape index (κ1) is 15.6. The maximum atomic E-state index is 3.64. The van der Waals surface area contributed by atoms with Gasteiger partial charge in [-0.3, -0.25) is 4.90 Å². The smallest absolute Gasteiger partial charge is 0.0476 e. The molecule has 3 heterocycles. The summed E-state index contributed by atoms with van der Waals surface area (Å²) in [6.07, 6.45) is 5.21. The number of rotatable bonds is 6. The molecule has 0 radical (unpaired) electrons. The van der Waals surface area contributed by atoms with Crippen LogP contribution in [0, 0.1) is 0 Å². The van der Waals surface area contributed by atoms with Gasteiger partial charge in [-0.15, -0.1) is 11.3 Å². The highest BCUT2D eigenvalue weighted by atomic mass is 32.1. The van der Waals surface area contributed by atoms with E-state index in [2.05, 4.69) is 69.2 Å². The number of thiophene rings is 1. The van der Waals surface area contributed by atoms with Gasteiger partial charge >= 0.3 is 0 Å². The Hall–Kier alpha value is -1.88. The molecule has 24 heavy (non-hydrogen) atoms. The third-order valence-corrected chi connectivity index (χ3v) is 5.81. The van der Waals surface area contributed by atoms with E-state index >= 15 is 0 Å². The maximum absolute atomic E-state index is 3.64. The Morgan fingerprint density at radius 3 is 2.92 bits per heavy atom. The fraction of sp³-hybridized carbons (Fsp3) is 0.300. The topological polar surface area (TPSA) is 31.1 Å². The number of aromatic amines is 1. The minimum Gasteiger partial charge on any atom is -0.367 e. The third kappa shape index (κ3) is 3.46. The Bertz CT molecular complexity index is 748. The number of benzene rings is 1. The van der Waals surface area contributed by atoms with Gasteiger partial charge in [0.15, 0.2) is 0 Å². The minimum atomic E-state index is 0.415. The summed E-state index contributed by atoms with van der Waals surface area (Å²) in [7, 11) is 0. The molecular formula is C20H23N3S. The van der Waals surface area contributed by atoms with Crippen molar-refractivity contribution >= 4 is 11.3 Å². The van der Waals surface area contributed by atoms with Crippen molar-refractivity contribution in [2.75, 3.05) is 13.1 Å². The number of hydrogen-bond donors (Lipinski definition) is 2. The molecule has 4 heteroatoms. The molecule has 124 valence electrons. The Morgan fingerprint density at radius 2 is 2.08 bits per heavy atom. The van der Waals surface area contributed by atoms with Gasteiger partial charge in [-0.2, -0.15) is 0 Å². The number of nitrogens with zero attached hydrogens (tertiary/aromatic N) is 1. The van der Waals surface area contributed by atoms with Crippen LogP contribution in [-0.4, -0.2) is 23.0 Å². The summed E-state index contributed by atoms with van der Waals surface area (Å²) in [5, 5.41) is 5.87. The zero-order valence-corrected chi connectivity index (χ0v) is 14.6. The molecule has 1 unspecified atom stereocenters. The predicted octanol–water partition coefficient (Wildman–Crippen LogP) is 3.97. The molecule has 1 aromatic carbocycles. The highest BCUT2D eigenvalue weighted by Gasteiger charge is 2.25. The predicted molar refractivity (Wildman–Crippen MR) is 100 cm³/mol. The molecule has 0 bridgehead atoms. The lowest BCUT2D eigenvalue weighted by atomic mass is 10.0. The minimum absolute atomic E-state index is 0.415. The quantitative estimate of drug-likeness (QED) is 0.713. The summed E-state index contributed by atoms with van der Waals surface area (Å²) in [5.74, 6) is 0. The highest BCUT2D eigenvalue weighted by molar-refractivity contribution is 7.10. The van der Waals surface area contributed by atoms with Gasteiger partial charge < -0.3 is 10.3 Å². The van der Waals surface area contributed by atoms with Crippen LogP contribution in [0.4, 0.5) is 0 Å². The summed E-state index contributed by atoms with van der Waals surface area (Å²) in [6.45, 7) is 4.07. The second-order valence-electron chi connectivity index (χ2n) is 6.37. The lowest BCUT2D eigenvalue weighted by Gasteiger charge is -2.35.